The van der Waals surface area contributed by atoms with Crippen molar-refractivity contribution in [2.45, 2.75) is 5.54 Å². The number of hydrogen-bond donors (Lipinski definition) is 4. The minimum Gasteiger partial charge on any atom is -0.394 e. The molecule has 0 aliphatic carbocycles. The highest BCUT2D eigenvalue weighted by Gasteiger charge is 2.25. The number of aliphatic hydroxyl groups excluding tert-OH is 3. The Kier molecular flexibility index (Phi) is 4.55. The van der Waals surface area contributed by atoms with Crippen LogP contribution in [0.3, 0.4) is 0 Å². The van der Waals surface area contributed by atoms with Crippen LogP contribution in [0, 0.1) is 6.92 Å². The van der Waals surface area contributed by atoms with Crippen LogP contribution in [0.15, 0.2) is 0 Å². The zero-order valence-electron chi connectivity index (χ0n) is 5.88. The van der Waals surface area contributed by atoms with Crippen molar-refractivity contribution in [2.75, 3.05) is 26.4 Å². The van der Waals surface area contributed by atoms with Gasteiger partial charge in [0.2, 0.25) is 0 Å². The van der Waals surface area contributed by atoms with Crippen molar-refractivity contribution in [1.29, 1.82) is 0 Å². The van der Waals surface area contributed by atoms with Crippen LogP contribution in [0.5, 0.6) is 0 Å². The van der Waals surface area contributed by atoms with E-state index in [1.54, 1.807) is 0 Å². The topological polar surface area (TPSA) is 72.7 Å². The molecule has 4 nitrogen and oxygen atoms in total. The molecule has 4 N–H and O–H groups in total. The van der Waals surface area contributed by atoms with Crippen molar-refractivity contribution in [1.82, 2.24) is 5.32 Å². The molecule has 0 heterocycles. The molecule has 0 aliphatic rings. The molecule has 0 aromatic rings. The van der Waals surface area contributed by atoms with Gasteiger partial charge in [-0.3, -0.25) is 0 Å². The van der Waals surface area contributed by atoms with Crippen LogP contribution in [0.25, 0.3) is 0 Å². The molecule has 0 aliphatic heterocycles. The molecule has 0 atom stereocenters. The summed E-state index contributed by atoms with van der Waals surface area (Å²) in [5.74, 6) is 0. The molecular formula is C6H14NO3. The maximum atomic E-state index is 8.70. The third-order valence-corrected chi connectivity index (χ3v) is 1.41. The molecule has 10 heavy (non-hydrogen) atoms. The largest absolute Gasteiger partial charge is 0.394 e. The first-order chi connectivity index (χ1) is 4.74. The van der Waals surface area contributed by atoms with Gasteiger partial charge in [0.1, 0.15) is 0 Å². The minimum atomic E-state index is -0.970. The van der Waals surface area contributed by atoms with E-state index in [0.717, 1.165) is 0 Å². The van der Waals surface area contributed by atoms with Crippen LogP contribution in [0.4, 0.5) is 0 Å². The highest BCUT2D eigenvalue weighted by atomic mass is 16.3. The fourth-order valence-electron chi connectivity index (χ4n) is 0.583. The molecule has 0 saturated heterocycles. The molecule has 0 rings (SSSR count). The van der Waals surface area contributed by atoms with Crippen LogP contribution in [-0.2, 0) is 0 Å². The van der Waals surface area contributed by atoms with Gasteiger partial charge >= 0.3 is 0 Å². The molecule has 0 unspecified atom stereocenters. The molecule has 0 fully saturated rings. The van der Waals surface area contributed by atoms with Gasteiger partial charge < -0.3 is 20.6 Å². The van der Waals surface area contributed by atoms with Gasteiger partial charge in [0.15, 0.2) is 0 Å². The van der Waals surface area contributed by atoms with E-state index in [9.17, 15) is 0 Å². The molecular weight excluding hydrogens is 134 g/mol. The van der Waals surface area contributed by atoms with Crippen LogP contribution < -0.4 is 5.32 Å². The Morgan fingerprint density at radius 3 is 1.60 bits per heavy atom. The van der Waals surface area contributed by atoms with Gasteiger partial charge in [0.05, 0.1) is 25.4 Å². The molecule has 61 valence electrons. The van der Waals surface area contributed by atoms with Gasteiger partial charge in [0.25, 0.3) is 0 Å². The molecule has 0 saturated carbocycles. The second kappa shape index (κ2) is 4.62. The Morgan fingerprint density at radius 1 is 1.10 bits per heavy atom. The van der Waals surface area contributed by atoms with Crippen molar-refractivity contribution in [3.8, 4) is 0 Å². The molecule has 0 spiro atoms. The first kappa shape index (κ1) is 9.84. The van der Waals surface area contributed by atoms with E-state index in [1.807, 2.05) is 0 Å². The maximum absolute atomic E-state index is 8.70. The second-order valence-electron chi connectivity index (χ2n) is 2.18. The lowest BCUT2D eigenvalue weighted by Gasteiger charge is -2.27. The summed E-state index contributed by atoms with van der Waals surface area (Å²) in [4.78, 5) is 0. The monoisotopic (exact) mass is 148 g/mol. The third-order valence-electron chi connectivity index (χ3n) is 1.41. The second-order valence-corrected chi connectivity index (χ2v) is 2.18. The summed E-state index contributed by atoms with van der Waals surface area (Å²) in [6.45, 7) is 2.94. The summed E-state index contributed by atoms with van der Waals surface area (Å²) in [5, 5.41) is 28.8. The van der Waals surface area contributed by atoms with Gasteiger partial charge in [-0.05, 0) is 13.5 Å². The average molecular weight is 148 g/mol. The Morgan fingerprint density at radius 2 is 1.50 bits per heavy atom. The Hall–Kier alpha value is -0.160. The van der Waals surface area contributed by atoms with Crippen LogP contribution in [0.2, 0.25) is 0 Å². The molecule has 0 aromatic carbocycles. The van der Waals surface area contributed by atoms with E-state index in [2.05, 4.69) is 12.2 Å². The van der Waals surface area contributed by atoms with Crippen LogP contribution in [0.1, 0.15) is 0 Å². The normalized spacial score (nSPS) is 12.0. The highest BCUT2D eigenvalue weighted by molar-refractivity contribution is 4.86. The van der Waals surface area contributed by atoms with Gasteiger partial charge in [-0.15, -0.1) is 0 Å². The first-order valence-electron chi connectivity index (χ1n) is 3.11. The number of rotatable bonds is 5. The zero-order valence-corrected chi connectivity index (χ0v) is 5.88. The first-order valence-corrected chi connectivity index (χ1v) is 3.11. The van der Waals surface area contributed by atoms with Gasteiger partial charge in [-0.1, -0.05) is 0 Å². The highest BCUT2D eigenvalue weighted by Crippen LogP contribution is 1.99. The number of aliphatic hydroxyl groups is 3. The summed E-state index contributed by atoms with van der Waals surface area (Å²) in [6, 6.07) is 0. The van der Waals surface area contributed by atoms with Gasteiger partial charge in [-0.2, -0.15) is 0 Å². The zero-order chi connectivity index (χ0) is 8.04. The van der Waals surface area contributed by atoms with Crippen molar-refractivity contribution < 1.29 is 15.3 Å². The number of nitrogens with one attached hydrogen (secondary N) is 1. The lowest BCUT2D eigenvalue weighted by molar-refractivity contribution is 0.0450. The van der Waals surface area contributed by atoms with E-state index in [4.69, 9.17) is 15.3 Å². The van der Waals surface area contributed by atoms with Gasteiger partial charge in [0, 0.05) is 0 Å². The molecule has 0 bridgehead atoms. The summed E-state index contributed by atoms with van der Waals surface area (Å²) in [7, 11) is 0. The summed E-state index contributed by atoms with van der Waals surface area (Å²) < 4.78 is 0. The van der Waals surface area contributed by atoms with E-state index < -0.39 is 5.54 Å². The molecule has 1 radical (unpaired) electrons. The van der Waals surface area contributed by atoms with Crippen molar-refractivity contribution >= 4 is 0 Å². The van der Waals surface area contributed by atoms with E-state index >= 15 is 0 Å². The predicted octanol–water partition coefficient (Wildman–Crippen LogP) is -1.87. The third kappa shape index (κ3) is 2.22. The Labute approximate surface area is 60.5 Å². The summed E-state index contributed by atoms with van der Waals surface area (Å²) >= 11 is 0. The van der Waals surface area contributed by atoms with Crippen molar-refractivity contribution in [3.05, 3.63) is 6.92 Å². The Bertz CT molecular complexity index is 74.8. The average Bonchev–Trinajstić information content (AvgIpc) is 2.01. The van der Waals surface area contributed by atoms with E-state index in [1.165, 1.54) is 0 Å². The SMILES string of the molecule is [CH2]CNC(CO)(CO)CO. The van der Waals surface area contributed by atoms with Crippen molar-refractivity contribution in [2.24, 2.45) is 0 Å². The lowest BCUT2D eigenvalue weighted by atomic mass is 10.0. The van der Waals surface area contributed by atoms with E-state index in [-0.39, 0.29) is 19.8 Å². The minimum absolute atomic E-state index is 0.296. The van der Waals surface area contributed by atoms with Crippen LogP contribution in [-0.4, -0.2) is 47.2 Å². The summed E-state index contributed by atoms with van der Waals surface area (Å²) in [5.41, 5.74) is -0.970. The fraction of sp³-hybridized carbons (Fsp3) is 0.833. The Balaban J connectivity index is 3.87. The standard InChI is InChI=1S/C6H14NO3/c1-2-7-6(3-8,4-9)5-10/h7-10H,1-5H2. The van der Waals surface area contributed by atoms with Crippen molar-refractivity contribution in [3.63, 3.8) is 0 Å². The smallest absolute Gasteiger partial charge is 0.0881 e. The quantitative estimate of drug-likeness (QED) is 0.368. The van der Waals surface area contributed by atoms with Gasteiger partial charge in [-0.25, -0.2) is 0 Å². The van der Waals surface area contributed by atoms with Crippen LogP contribution >= 0.6 is 0 Å². The molecule has 4 heteroatoms. The maximum Gasteiger partial charge on any atom is 0.0881 e. The lowest BCUT2D eigenvalue weighted by Crippen LogP contribution is -2.54. The van der Waals surface area contributed by atoms with E-state index in [0.29, 0.717) is 6.54 Å². The number of hydrogen-bond acceptors (Lipinski definition) is 4. The molecule has 0 aromatic heterocycles. The molecule has 0 amide bonds. The predicted molar refractivity (Wildman–Crippen MR) is 37.3 cm³/mol. The summed E-state index contributed by atoms with van der Waals surface area (Å²) in [6.07, 6.45) is 0. The fourth-order valence-corrected chi connectivity index (χ4v) is 0.583.